The summed E-state index contributed by atoms with van der Waals surface area (Å²) in [5, 5.41) is 9.00. The second-order valence-electron chi connectivity index (χ2n) is 6.70. The van der Waals surface area contributed by atoms with Gasteiger partial charge in [0.15, 0.2) is 0 Å². The van der Waals surface area contributed by atoms with E-state index in [0.29, 0.717) is 5.92 Å². The zero-order valence-corrected chi connectivity index (χ0v) is 14.3. The highest BCUT2D eigenvalue weighted by molar-refractivity contribution is 5.82. The van der Waals surface area contributed by atoms with Crippen LogP contribution in [0.4, 0.5) is 0 Å². The van der Waals surface area contributed by atoms with Crippen molar-refractivity contribution in [2.45, 2.75) is 33.7 Å². The molecule has 0 radical (unpaired) electrons. The molecule has 0 aliphatic heterocycles. The van der Waals surface area contributed by atoms with Crippen molar-refractivity contribution in [1.29, 1.82) is 0 Å². The molecule has 0 amide bonds. The van der Waals surface area contributed by atoms with Crippen LogP contribution in [0, 0.1) is 12.8 Å². The summed E-state index contributed by atoms with van der Waals surface area (Å²) in [5.41, 5.74) is 4.98. The van der Waals surface area contributed by atoms with Gasteiger partial charge in [-0.3, -0.25) is 4.79 Å². The van der Waals surface area contributed by atoms with Crippen LogP contribution in [0.2, 0.25) is 0 Å². The molecule has 3 rings (SSSR count). The van der Waals surface area contributed by atoms with Gasteiger partial charge < -0.3 is 9.67 Å². The first-order valence-corrected chi connectivity index (χ1v) is 8.22. The predicted octanol–water partition coefficient (Wildman–Crippen LogP) is 4.29. The van der Waals surface area contributed by atoms with Gasteiger partial charge in [-0.05, 0) is 30.5 Å². The molecule has 3 aromatic rings. The van der Waals surface area contributed by atoms with Crippen molar-refractivity contribution in [2.75, 3.05) is 0 Å². The van der Waals surface area contributed by atoms with Gasteiger partial charge in [0.1, 0.15) is 5.82 Å². The average Bonchev–Trinajstić information content (AvgIpc) is 2.85. The fourth-order valence-electron chi connectivity index (χ4n) is 2.93. The SMILES string of the molecule is Cc1ccc(-c2nc3cc(CC(=O)O)ccc3n2CC(C)C)cc1. The van der Waals surface area contributed by atoms with Gasteiger partial charge >= 0.3 is 5.97 Å². The summed E-state index contributed by atoms with van der Waals surface area (Å²) in [7, 11) is 0. The highest BCUT2D eigenvalue weighted by Crippen LogP contribution is 2.27. The fourth-order valence-corrected chi connectivity index (χ4v) is 2.93. The first-order valence-electron chi connectivity index (χ1n) is 8.22. The average molecular weight is 322 g/mol. The minimum atomic E-state index is -0.824. The van der Waals surface area contributed by atoms with E-state index in [1.54, 1.807) is 0 Å². The summed E-state index contributed by atoms with van der Waals surface area (Å²) in [4.78, 5) is 15.8. The monoisotopic (exact) mass is 322 g/mol. The predicted molar refractivity (Wildman–Crippen MR) is 96.1 cm³/mol. The maximum absolute atomic E-state index is 11.0. The molecule has 0 bridgehead atoms. The van der Waals surface area contributed by atoms with Crippen LogP contribution in [0.1, 0.15) is 25.0 Å². The van der Waals surface area contributed by atoms with E-state index < -0.39 is 5.97 Å². The fraction of sp³-hybridized carbons (Fsp3) is 0.300. The van der Waals surface area contributed by atoms with Gasteiger partial charge in [-0.2, -0.15) is 0 Å². The first kappa shape index (κ1) is 16.2. The van der Waals surface area contributed by atoms with E-state index >= 15 is 0 Å². The lowest BCUT2D eigenvalue weighted by atomic mass is 10.1. The number of nitrogens with zero attached hydrogens (tertiary/aromatic N) is 2. The van der Waals surface area contributed by atoms with Gasteiger partial charge in [0.25, 0.3) is 0 Å². The summed E-state index contributed by atoms with van der Waals surface area (Å²) in [6.07, 6.45) is 0.0207. The maximum Gasteiger partial charge on any atom is 0.307 e. The van der Waals surface area contributed by atoms with Gasteiger partial charge in [-0.15, -0.1) is 0 Å². The third-order valence-corrected chi connectivity index (χ3v) is 4.03. The summed E-state index contributed by atoms with van der Waals surface area (Å²) < 4.78 is 2.23. The number of carbonyl (C=O) groups is 1. The lowest BCUT2D eigenvalue weighted by molar-refractivity contribution is -0.136. The molecule has 4 heteroatoms. The van der Waals surface area contributed by atoms with Crippen LogP contribution < -0.4 is 0 Å². The zero-order valence-electron chi connectivity index (χ0n) is 14.3. The third kappa shape index (κ3) is 3.32. The molecule has 0 saturated heterocycles. The van der Waals surface area contributed by atoms with Gasteiger partial charge in [0.2, 0.25) is 0 Å². The van der Waals surface area contributed by atoms with E-state index in [1.807, 2.05) is 18.2 Å². The van der Waals surface area contributed by atoms with E-state index in [4.69, 9.17) is 10.1 Å². The lowest BCUT2D eigenvalue weighted by Gasteiger charge is -2.12. The van der Waals surface area contributed by atoms with Crippen LogP contribution >= 0.6 is 0 Å². The second kappa shape index (κ2) is 6.48. The molecule has 1 N–H and O–H groups in total. The number of rotatable bonds is 5. The second-order valence-corrected chi connectivity index (χ2v) is 6.70. The zero-order chi connectivity index (χ0) is 17.3. The van der Waals surface area contributed by atoms with Gasteiger partial charge in [0.05, 0.1) is 17.5 Å². The Morgan fingerprint density at radius 2 is 1.88 bits per heavy atom. The summed E-state index contributed by atoms with van der Waals surface area (Å²) >= 11 is 0. The topological polar surface area (TPSA) is 55.1 Å². The molecule has 24 heavy (non-hydrogen) atoms. The Labute approximate surface area is 141 Å². The number of aryl methyl sites for hydroxylation is 1. The maximum atomic E-state index is 11.0. The van der Waals surface area contributed by atoms with Crippen LogP contribution in [0.5, 0.6) is 0 Å². The molecule has 0 unspecified atom stereocenters. The minimum absolute atomic E-state index is 0.0207. The molecule has 0 aliphatic rings. The molecular weight excluding hydrogens is 300 g/mol. The Kier molecular flexibility index (Phi) is 4.38. The van der Waals surface area contributed by atoms with Crippen molar-refractivity contribution < 1.29 is 9.90 Å². The number of fused-ring (bicyclic) bond motifs is 1. The molecule has 1 heterocycles. The van der Waals surface area contributed by atoms with E-state index in [1.165, 1.54) is 5.56 Å². The standard InChI is InChI=1S/C20H22N2O2/c1-13(2)12-22-18-9-6-15(11-19(23)24)10-17(18)21-20(22)16-7-4-14(3)5-8-16/h4-10,13H,11-12H2,1-3H3,(H,23,24). The Bertz CT molecular complexity index is 877. The third-order valence-electron chi connectivity index (χ3n) is 4.03. The van der Waals surface area contributed by atoms with Crippen molar-refractivity contribution >= 4 is 17.0 Å². The van der Waals surface area contributed by atoms with E-state index in [2.05, 4.69) is 49.6 Å². The molecule has 0 aliphatic carbocycles. The number of carboxylic acids is 1. The highest BCUT2D eigenvalue weighted by Gasteiger charge is 2.14. The molecular formula is C20H22N2O2. The number of hydrogen-bond donors (Lipinski definition) is 1. The first-order chi connectivity index (χ1) is 11.4. The Hall–Kier alpha value is -2.62. The van der Waals surface area contributed by atoms with Crippen molar-refractivity contribution in [2.24, 2.45) is 5.92 Å². The number of imidazole rings is 1. The van der Waals surface area contributed by atoms with Gasteiger partial charge in [-0.25, -0.2) is 4.98 Å². The Morgan fingerprint density at radius 3 is 2.50 bits per heavy atom. The van der Waals surface area contributed by atoms with Crippen molar-refractivity contribution in [1.82, 2.24) is 9.55 Å². The smallest absolute Gasteiger partial charge is 0.307 e. The summed E-state index contributed by atoms with van der Waals surface area (Å²) in [6, 6.07) is 14.1. The number of benzene rings is 2. The number of carboxylic acid groups (broad SMARTS) is 1. The number of aliphatic carboxylic acids is 1. The van der Waals surface area contributed by atoms with Crippen LogP contribution in [0.25, 0.3) is 22.4 Å². The van der Waals surface area contributed by atoms with Crippen LogP contribution in [0.3, 0.4) is 0 Å². The summed E-state index contributed by atoms with van der Waals surface area (Å²) in [6.45, 7) is 7.31. The molecule has 4 nitrogen and oxygen atoms in total. The van der Waals surface area contributed by atoms with E-state index in [-0.39, 0.29) is 6.42 Å². The number of aromatic nitrogens is 2. The Balaban J connectivity index is 2.15. The van der Waals surface area contributed by atoms with Gasteiger partial charge in [-0.1, -0.05) is 49.7 Å². The molecule has 0 fully saturated rings. The quantitative estimate of drug-likeness (QED) is 0.762. The van der Waals surface area contributed by atoms with Crippen LogP contribution in [-0.4, -0.2) is 20.6 Å². The van der Waals surface area contributed by atoms with Crippen LogP contribution in [0.15, 0.2) is 42.5 Å². The minimum Gasteiger partial charge on any atom is -0.481 e. The van der Waals surface area contributed by atoms with Crippen molar-refractivity contribution in [3.63, 3.8) is 0 Å². The van der Waals surface area contributed by atoms with Crippen LogP contribution in [-0.2, 0) is 17.8 Å². The van der Waals surface area contributed by atoms with E-state index in [0.717, 1.165) is 34.5 Å². The largest absolute Gasteiger partial charge is 0.481 e. The summed E-state index contributed by atoms with van der Waals surface area (Å²) in [5.74, 6) is 0.603. The lowest BCUT2D eigenvalue weighted by Crippen LogP contribution is -2.06. The molecule has 2 aromatic carbocycles. The molecule has 0 atom stereocenters. The highest BCUT2D eigenvalue weighted by atomic mass is 16.4. The van der Waals surface area contributed by atoms with E-state index in [9.17, 15) is 4.79 Å². The Morgan fingerprint density at radius 1 is 1.17 bits per heavy atom. The normalized spacial score (nSPS) is 11.3. The molecule has 124 valence electrons. The van der Waals surface area contributed by atoms with Gasteiger partial charge in [0, 0.05) is 12.1 Å². The number of hydrogen-bond acceptors (Lipinski definition) is 2. The van der Waals surface area contributed by atoms with Crippen molar-refractivity contribution in [3.05, 3.63) is 53.6 Å². The van der Waals surface area contributed by atoms with Crippen molar-refractivity contribution in [3.8, 4) is 11.4 Å². The molecule has 0 saturated carbocycles. The molecule has 0 spiro atoms. The molecule has 1 aromatic heterocycles.